The summed E-state index contributed by atoms with van der Waals surface area (Å²) in [6.45, 7) is 2.62. The van der Waals surface area contributed by atoms with Crippen LogP contribution in [0.1, 0.15) is 25.7 Å². The maximum Gasteiger partial charge on any atom is 0.306 e. The average Bonchev–Trinajstić information content (AvgIpc) is 2.38. The van der Waals surface area contributed by atoms with Gasteiger partial charge in [-0.2, -0.15) is 4.31 Å². The van der Waals surface area contributed by atoms with Crippen molar-refractivity contribution in [3.8, 4) is 0 Å². The first-order valence-corrected chi connectivity index (χ1v) is 9.17. The molecular formula is C13H24N2O5S. The lowest BCUT2D eigenvalue weighted by Crippen LogP contribution is -2.53. The van der Waals surface area contributed by atoms with E-state index >= 15 is 0 Å². The highest BCUT2D eigenvalue weighted by atomic mass is 32.2. The Morgan fingerprint density at radius 2 is 1.71 bits per heavy atom. The summed E-state index contributed by atoms with van der Waals surface area (Å²) in [5.74, 6) is -1.12. The standard InChI is InChI=1S/C13H24N2O5S/c1-21(19,20)15-8-6-14(7-9-15)10-13(18)4-2-11(3-5-13)12(16)17/h11,18H,2-10H2,1H3,(H,16,17). The smallest absolute Gasteiger partial charge is 0.306 e. The number of aliphatic carboxylic acids is 1. The molecule has 0 bridgehead atoms. The van der Waals surface area contributed by atoms with Crippen molar-refractivity contribution < 1.29 is 23.4 Å². The van der Waals surface area contributed by atoms with Crippen LogP contribution in [0.3, 0.4) is 0 Å². The van der Waals surface area contributed by atoms with Crippen molar-refractivity contribution in [3.05, 3.63) is 0 Å². The lowest BCUT2D eigenvalue weighted by atomic mass is 9.78. The largest absolute Gasteiger partial charge is 0.481 e. The minimum absolute atomic E-state index is 0.340. The van der Waals surface area contributed by atoms with Gasteiger partial charge in [0.05, 0.1) is 17.8 Å². The van der Waals surface area contributed by atoms with Crippen LogP contribution in [-0.4, -0.2) is 78.4 Å². The minimum Gasteiger partial charge on any atom is -0.481 e. The number of hydrogen-bond donors (Lipinski definition) is 2. The van der Waals surface area contributed by atoms with Gasteiger partial charge in [-0.3, -0.25) is 9.69 Å². The monoisotopic (exact) mass is 320 g/mol. The molecule has 0 atom stereocenters. The summed E-state index contributed by atoms with van der Waals surface area (Å²) in [5, 5.41) is 19.6. The van der Waals surface area contributed by atoms with Gasteiger partial charge in [-0.1, -0.05) is 0 Å². The summed E-state index contributed by atoms with van der Waals surface area (Å²) >= 11 is 0. The number of hydrogen-bond acceptors (Lipinski definition) is 5. The topological polar surface area (TPSA) is 98.2 Å². The maximum absolute atomic E-state index is 11.4. The van der Waals surface area contributed by atoms with E-state index in [1.54, 1.807) is 0 Å². The third-order valence-corrected chi connectivity index (χ3v) is 5.89. The molecule has 0 unspecified atom stereocenters. The average molecular weight is 320 g/mol. The van der Waals surface area contributed by atoms with E-state index in [9.17, 15) is 18.3 Å². The van der Waals surface area contributed by atoms with E-state index in [4.69, 9.17) is 5.11 Å². The highest BCUT2D eigenvalue weighted by molar-refractivity contribution is 7.88. The molecule has 1 aliphatic heterocycles. The number of carboxylic acids is 1. The van der Waals surface area contributed by atoms with Gasteiger partial charge in [0, 0.05) is 32.7 Å². The maximum atomic E-state index is 11.4. The second-order valence-corrected chi connectivity index (χ2v) is 8.26. The number of nitrogens with zero attached hydrogens (tertiary/aromatic N) is 2. The van der Waals surface area contributed by atoms with Crippen LogP contribution in [0.2, 0.25) is 0 Å². The molecule has 8 heteroatoms. The van der Waals surface area contributed by atoms with Gasteiger partial charge in [0.1, 0.15) is 0 Å². The molecule has 1 heterocycles. The van der Waals surface area contributed by atoms with Gasteiger partial charge < -0.3 is 10.2 Å². The zero-order valence-corrected chi connectivity index (χ0v) is 13.2. The summed E-state index contributed by atoms with van der Waals surface area (Å²) in [6.07, 6.45) is 3.22. The van der Waals surface area contributed by atoms with Gasteiger partial charge in [-0.25, -0.2) is 8.42 Å². The number of aliphatic hydroxyl groups is 1. The van der Waals surface area contributed by atoms with E-state index in [-0.39, 0.29) is 5.92 Å². The van der Waals surface area contributed by atoms with Crippen LogP contribution in [0.4, 0.5) is 0 Å². The Labute approximate surface area is 125 Å². The molecule has 2 aliphatic rings. The minimum atomic E-state index is -3.14. The summed E-state index contributed by atoms with van der Waals surface area (Å²) in [4.78, 5) is 13.0. The van der Waals surface area contributed by atoms with Gasteiger partial charge >= 0.3 is 5.97 Å². The van der Waals surface area contributed by atoms with Gasteiger partial charge in [-0.05, 0) is 25.7 Å². The molecule has 1 aliphatic carbocycles. The Morgan fingerprint density at radius 3 is 2.14 bits per heavy atom. The van der Waals surface area contributed by atoms with Crippen molar-refractivity contribution in [2.75, 3.05) is 39.0 Å². The van der Waals surface area contributed by atoms with E-state index in [0.717, 1.165) is 0 Å². The molecular weight excluding hydrogens is 296 g/mol. The fraction of sp³-hybridized carbons (Fsp3) is 0.923. The Kier molecular flexibility index (Phi) is 4.92. The first kappa shape index (κ1) is 16.7. The fourth-order valence-corrected chi connectivity index (χ4v) is 4.02. The first-order chi connectivity index (χ1) is 9.70. The number of β-amino-alcohol motifs (C(OH)–C–C–N with tert-alkyl or cyclic N) is 1. The van der Waals surface area contributed by atoms with Crippen LogP contribution in [0.15, 0.2) is 0 Å². The highest BCUT2D eigenvalue weighted by Crippen LogP contribution is 2.33. The SMILES string of the molecule is CS(=O)(=O)N1CCN(CC2(O)CCC(C(=O)O)CC2)CC1. The quantitative estimate of drug-likeness (QED) is 0.729. The Morgan fingerprint density at radius 1 is 1.19 bits per heavy atom. The summed E-state index contributed by atoms with van der Waals surface area (Å²) < 4.78 is 24.3. The zero-order valence-electron chi connectivity index (χ0n) is 12.4. The molecule has 1 saturated carbocycles. The summed E-state index contributed by atoms with van der Waals surface area (Å²) in [6, 6.07) is 0. The van der Waals surface area contributed by atoms with Crippen molar-refractivity contribution in [2.24, 2.45) is 5.92 Å². The molecule has 2 fully saturated rings. The number of carboxylic acid groups (broad SMARTS) is 1. The molecule has 0 aromatic heterocycles. The third kappa shape index (κ3) is 4.38. The number of sulfonamides is 1. The van der Waals surface area contributed by atoms with Crippen LogP contribution >= 0.6 is 0 Å². The van der Waals surface area contributed by atoms with E-state index in [2.05, 4.69) is 4.90 Å². The second-order valence-electron chi connectivity index (χ2n) is 6.28. The van der Waals surface area contributed by atoms with Crippen LogP contribution in [-0.2, 0) is 14.8 Å². The van der Waals surface area contributed by atoms with E-state index in [1.807, 2.05) is 0 Å². The fourth-order valence-electron chi connectivity index (χ4n) is 3.20. The van der Waals surface area contributed by atoms with Gasteiger partial charge in [0.15, 0.2) is 0 Å². The number of carbonyl (C=O) groups is 1. The molecule has 2 rings (SSSR count). The van der Waals surface area contributed by atoms with Gasteiger partial charge in [0.2, 0.25) is 10.0 Å². The molecule has 122 valence electrons. The van der Waals surface area contributed by atoms with Crippen molar-refractivity contribution in [2.45, 2.75) is 31.3 Å². The van der Waals surface area contributed by atoms with Crippen LogP contribution in [0.25, 0.3) is 0 Å². The van der Waals surface area contributed by atoms with E-state index in [1.165, 1.54) is 10.6 Å². The number of rotatable bonds is 4. The first-order valence-electron chi connectivity index (χ1n) is 7.32. The molecule has 21 heavy (non-hydrogen) atoms. The van der Waals surface area contributed by atoms with Crippen LogP contribution < -0.4 is 0 Å². The molecule has 0 aromatic rings. The molecule has 7 nitrogen and oxygen atoms in total. The summed E-state index contributed by atoms with van der Waals surface area (Å²) in [7, 11) is -3.14. The van der Waals surface area contributed by atoms with Gasteiger partial charge in [-0.15, -0.1) is 0 Å². The molecule has 2 N–H and O–H groups in total. The van der Waals surface area contributed by atoms with Crippen LogP contribution in [0.5, 0.6) is 0 Å². The molecule has 0 spiro atoms. The molecule has 0 aromatic carbocycles. The summed E-state index contributed by atoms with van der Waals surface area (Å²) in [5.41, 5.74) is -0.834. The lowest BCUT2D eigenvalue weighted by molar-refractivity contribution is -0.145. The Hall–Kier alpha value is -0.700. The van der Waals surface area contributed by atoms with Crippen molar-refractivity contribution in [3.63, 3.8) is 0 Å². The van der Waals surface area contributed by atoms with E-state index < -0.39 is 21.6 Å². The zero-order chi connectivity index (χ0) is 15.7. The van der Waals surface area contributed by atoms with Gasteiger partial charge in [0.25, 0.3) is 0 Å². The second kappa shape index (κ2) is 6.20. The lowest BCUT2D eigenvalue weighted by Gasteiger charge is -2.41. The molecule has 0 amide bonds. The predicted molar refractivity (Wildman–Crippen MR) is 77.4 cm³/mol. The van der Waals surface area contributed by atoms with Crippen molar-refractivity contribution >= 4 is 16.0 Å². The highest BCUT2D eigenvalue weighted by Gasteiger charge is 2.37. The van der Waals surface area contributed by atoms with E-state index in [0.29, 0.717) is 58.4 Å². The Bertz CT molecular complexity index is 477. The normalized spacial score (nSPS) is 33.0. The molecule has 0 radical (unpaired) electrons. The van der Waals surface area contributed by atoms with Crippen molar-refractivity contribution in [1.29, 1.82) is 0 Å². The van der Waals surface area contributed by atoms with Crippen molar-refractivity contribution in [1.82, 2.24) is 9.21 Å². The number of piperazine rings is 1. The third-order valence-electron chi connectivity index (χ3n) is 4.58. The molecule has 1 saturated heterocycles. The van der Waals surface area contributed by atoms with Crippen LogP contribution in [0, 0.1) is 5.92 Å². The Balaban J connectivity index is 1.82. The predicted octanol–water partition coefficient (Wildman–Crippen LogP) is -0.430.